The zero-order valence-corrected chi connectivity index (χ0v) is 16.8. The van der Waals surface area contributed by atoms with E-state index in [2.05, 4.69) is 20.4 Å². The topological polar surface area (TPSA) is 91.0 Å². The first-order valence-corrected chi connectivity index (χ1v) is 10.5. The molecule has 8 nitrogen and oxygen atoms in total. The second-order valence-electron chi connectivity index (χ2n) is 7.78. The fourth-order valence-corrected chi connectivity index (χ4v) is 4.19. The minimum atomic E-state index is -0.392. The Hall–Kier alpha value is -2.09. The Labute approximate surface area is 166 Å². The summed E-state index contributed by atoms with van der Waals surface area (Å²) in [6.45, 7) is 6.10. The van der Waals surface area contributed by atoms with Crippen molar-refractivity contribution in [2.45, 2.75) is 45.4 Å². The van der Waals surface area contributed by atoms with Gasteiger partial charge in [0.1, 0.15) is 0 Å². The van der Waals surface area contributed by atoms with E-state index < -0.39 is 5.97 Å². The van der Waals surface area contributed by atoms with Crippen molar-refractivity contribution in [3.63, 3.8) is 0 Å². The number of hydrogen-bond donors (Lipinski definition) is 2. The highest BCUT2D eigenvalue weighted by molar-refractivity contribution is 5.93. The predicted molar refractivity (Wildman–Crippen MR) is 104 cm³/mol. The number of carbonyl (C=O) groups is 3. The second-order valence-corrected chi connectivity index (χ2v) is 7.78. The van der Waals surface area contributed by atoms with Crippen LogP contribution in [0.5, 0.6) is 0 Å². The van der Waals surface area contributed by atoms with E-state index >= 15 is 0 Å². The van der Waals surface area contributed by atoms with Gasteiger partial charge in [0, 0.05) is 31.2 Å². The summed E-state index contributed by atoms with van der Waals surface area (Å²) < 4.78 is 5.11. The molecule has 0 aromatic rings. The normalized spacial score (nSPS) is 22.3. The van der Waals surface area contributed by atoms with Crippen LogP contribution in [0.1, 0.15) is 45.4 Å². The molecule has 0 aromatic carbocycles. The lowest BCUT2D eigenvalue weighted by atomic mass is 9.94. The van der Waals surface area contributed by atoms with E-state index in [0.29, 0.717) is 30.3 Å². The van der Waals surface area contributed by atoms with Crippen molar-refractivity contribution in [1.29, 1.82) is 0 Å². The molecule has 8 heteroatoms. The molecule has 0 bridgehead atoms. The number of amides is 3. The lowest BCUT2D eigenvalue weighted by molar-refractivity contribution is -0.138. The Morgan fingerprint density at radius 1 is 1.07 bits per heavy atom. The van der Waals surface area contributed by atoms with E-state index in [4.69, 9.17) is 4.74 Å². The number of likely N-dealkylation sites (tertiary alicyclic amines) is 2. The van der Waals surface area contributed by atoms with E-state index in [9.17, 15) is 14.4 Å². The van der Waals surface area contributed by atoms with Crippen molar-refractivity contribution in [2.24, 2.45) is 5.92 Å². The molecule has 0 saturated carbocycles. The molecule has 0 unspecified atom stereocenters. The third-order valence-electron chi connectivity index (χ3n) is 5.81. The maximum absolute atomic E-state index is 12.8. The summed E-state index contributed by atoms with van der Waals surface area (Å²) >= 11 is 0. The number of piperidine rings is 1. The molecule has 0 atom stereocenters. The van der Waals surface area contributed by atoms with Crippen LogP contribution in [0.3, 0.4) is 0 Å². The Balaban J connectivity index is 1.55. The van der Waals surface area contributed by atoms with Gasteiger partial charge in [0.15, 0.2) is 0 Å². The zero-order valence-electron chi connectivity index (χ0n) is 16.8. The lowest BCUT2D eigenvalue weighted by Gasteiger charge is -2.35. The smallest absolute Gasteiger partial charge is 0.337 e. The van der Waals surface area contributed by atoms with Crippen LogP contribution >= 0.6 is 0 Å². The van der Waals surface area contributed by atoms with Gasteiger partial charge in [-0.2, -0.15) is 0 Å². The first-order chi connectivity index (χ1) is 13.6. The number of carbonyl (C=O) groups excluding carboxylic acids is 3. The van der Waals surface area contributed by atoms with Crippen LogP contribution in [0.4, 0.5) is 4.79 Å². The summed E-state index contributed by atoms with van der Waals surface area (Å²) in [6.07, 6.45) is 6.32. The van der Waals surface area contributed by atoms with Gasteiger partial charge in [0.25, 0.3) is 0 Å². The highest BCUT2D eigenvalue weighted by atomic mass is 16.5. The predicted octanol–water partition coefficient (Wildman–Crippen LogP) is 1.23. The highest BCUT2D eigenvalue weighted by Gasteiger charge is 2.31. The highest BCUT2D eigenvalue weighted by Crippen LogP contribution is 2.23. The third-order valence-corrected chi connectivity index (χ3v) is 5.81. The summed E-state index contributed by atoms with van der Waals surface area (Å²) in [7, 11) is 0. The molecule has 156 valence electrons. The average molecular weight is 393 g/mol. The largest absolute Gasteiger partial charge is 0.463 e. The molecule has 2 N–H and O–H groups in total. The van der Waals surface area contributed by atoms with Gasteiger partial charge in [-0.15, -0.1) is 0 Å². The molecule has 3 aliphatic rings. The molecule has 0 spiro atoms. The molecule has 0 aromatic heterocycles. The molecule has 2 fully saturated rings. The van der Waals surface area contributed by atoms with Gasteiger partial charge in [-0.1, -0.05) is 12.8 Å². The fraction of sp³-hybridized carbons (Fsp3) is 0.750. The first kappa shape index (κ1) is 20.6. The average Bonchev–Trinajstić information content (AvgIpc) is 2.98. The van der Waals surface area contributed by atoms with E-state index in [0.717, 1.165) is 51.9 Å². The molecule has 3 heterocycles. The molecular formula is C20H32N4O4. The van der Waals surface area contributed by atoms with E-state index in [-0.39, 0.29) is 18.5 Å². The third kappa shape index (κ3) is 5.25. The first-order valence-electron chi connectivity index (χ1n) is 10.5. The minimum Gasteiger partial charge on any atom is -0.463 e. The summed E-state index contributed by atoms with van der Waals surface area (Å²) in [6, 6.07) is -0.297. The number of ether oxygens (including phenoxy) is 1. The van der Waals surface area contributed by atoms with Gasteiger partial charge in [-0.3, -0.25) is 9.69 Å². The van der Waals surface area contributed by atoms with Crippen LogP contribution in [0.25, 0.3) is 0 Å². The van der Waals surface area contributed by atoms with E-state index in [1.807, 2.05) is 0 Å². The van der Waals surface area contributed by atoms with Crippen molar-refractivity contribution in [1.82, 2.24) is 20.4 Å². The Morgan fingerprint density at radius 2 is 1.75 bits per heavy atom. The fourth-order valence-electron chi connectivity index (χ4n) is 4.19. The van der Waals surface area contributed by atoms with Gasteiger partial charge in [-0.05, 0) is 45.7 Å². The van der Waals surface area contributed by atoms with Crippen LogP contribution in [-0.2, 0) is 14.3 Å². The minimum absolute atomic E-state index is 0.0930. The second kappa shape index (κ2) is 9.91. The quantitative estimate of drug-likeness (QED) is 0.687. The molecular weight excluding hydrogens is 360 g/mol. The number of nitrogens with zero attached hydrogens (tertiary/aromatic N) is 2. The van der Waals surface area contributed by atoms with Crippen LogP contribution in [-0.4, -0.2) is 73.6 Å². The van der Waals surface area contributed by atoms with Crippen molar-refractivity contribution in [2.75, 3.05) is 45.9 Å². The summed E-state index contributed by atoms with van der Waals surface area (Å²) in [4.78, 5) is 41.0. The molecule has 3 rings (SSSR count). The number of rotatable bonds is 5. The summed E-state index contributed by atoms with van der Waals surface area (Å²) in [5, 5.41) is 5.38. The number of hydrogen-bond acceptors (Lipinski definition) is 5. The number of esters is 1. The van der Waals surface area contributed by atoms with Crippen LogP contribution < -0.4 is 10.6 Å². The van der Waals surface area contributed by atoms with Gasteiger partial charge >= 0.3 is 12.0 Å². The van der Waals surface area contributed by atoms with Crippen molar-refractivity contribution >= 4 is 17.9 Å². The molecule has 2 saturated heterocycles. The molecule has 28 heavy (non-hydrogen) atoms. The van der Waals surface area contributed by atoms with Gasteiger partial charge < -0.3 is 20.3 Å². The van der Waals surface area contributed by atoms with Gasteiger partial charge in [0.05, 0.1) is 18.7 Å². The van der Waals surface area contributed by atoms with E-state index in [1.165, 1.54) is 12.8 Å². The Kier molecular flexibility index (Phi) is 7.30. The van der Waals surface area contributed by atoms with Crippen LogP contribution in [0.15, 0.2) is 11.3 Å². The van der Waals surface area contributed by atoms with Crippen molar-refractivity contribution in [3.8, 4) is 0 Å². The van der Waals surface area contributed by atoms with Crippen LogP contribution in [0.2, 0.25) is 0 Å². The van der Waals surface area contributed by atoms with Gasteiger partial charge in [-0.25, -0.2) is 9.59 Å². The van der Waals surface area contributed by atoms with E-state index in [1.54, 1.807) is 6.92 Å². The Bertz CT molecular complexity index is 618. The van der Waals surface area contributed by atoms with Crippen molar-refractivity contribution < 1.29 is 19.1 Å². The molecule has 0 radical (unpaired) electrons. The van der Waals surface area contributed by atoms with Crippen molar-refractivity contribution in [3.05, 3.63) is 11.3 Å². The standard InChI is InChI=1S/C20H32N4O4/c1-2-28-19(26)16-13-21-20(27)22-17(16)14-23-11-7-15(8-12-23)18(25)24-9-5-3-4-6-10-24/h15H,2-14H2,1H3,(H2,21,22,27). The number of urea groups is 1. The molecule has 0 aliphatic carbocycles. The molecule has 3 aliphatic heterocycles. The zero-order chi connectivity index (χ0) is 19.9. The van der Waals surface area contributed by atoms with Gasteiger partial charge in [0.2, 0.25) is 5.91 Å². The monoisotopic (exact) mass is 392 g/mol. The summed E-state index contributed by atoms with van der Waals surface area (Å²) in [5.74, 6) is 0.00912. The maximum atomic E-state index is 12.8. The lowest BCUT2D eigenvalue weighted by Crippen LogP contribution is -2.48. The maximum Gasteiger partial charge on any atom is 0.337 e. The SMILES string of the molecule is CCOC(=O)C1=C(CN2CCC(C(=O)N3CCCCCC3)CC2)NC(=O)NC1. The Morgan fingerprint density at radius 3 is 2.39 bits per heavy atom. The number of nitrogens with one attached hydrogen (secondary N) is 2. The van der Waals surface area contributed by atoms with Crippen LogP contribution in [0, 0.1) is 5.92 Å². The molecule has 3 amide bonds. The summed E-state index contributed by atoms with van der Waals surface area (Å²) in [5.41, 5.74) is 1.09.